The van der Waals surface area contributed by atoms with Gasteiger partial charge in [0.15, 0.2) is 11.5 Å². The van der Waals surface area contributed by atoms with Gasteiger partial charge in [-0.15, -0.1) is 11.3 Å². The number of nitro benzene ring substituents is 1. The Morgan fingerprint density at radius 2 is 1.92 bits per heavy atom. The van der Waals surface area contributed by atoms with Crippen molar-refractivity contribution >= 4 is 28.6 Å². The number of thiazole rings is 1. The fourth-order valence-corrected chi connectivity index (χ4v) is 3.53. The molecule has 6 nitrogen and oxygen atoms in total. The fraction of sp³-hybridized carbons (Fsp3) is 0.167. The van der Waals surface area contributed by atoms with Crippen molar-refractivity contribution in [3.8, 4) is 22.8 Å². The highest BCUT2D eigenvalue weighted by Gasteiger charge is 2.15. The van der Waals surface area contributed by atoms with E-state index >= 15 is 0 Å². The van der Waals surface area contributed by atoms with Crippen LogP contribution in [0, 0.1) is 10.1 Å². The first-order valence-corrected chi connectivity index (χ1v) is 8.87. The van der Waals surface area contributed by atoms with E-state index in [2.05, 4.69) is 4.98 Å². The SMILES string of the molecule is COc1ccc(Cc2nc(-c3ccc(Cl)c([N+](=O)[O-])c3)cs2)cc1OC. The number of nitrogens with zero attached hydrogens (tertiary/aromatic N) is 2. The van der Waals surface area contributed by atoms with Crippen molar-refractivity contribution in [1.29, 1.82) is 0 Å². The third kappa shape index (κ3) is 3.79. The summed E-state index contributed by atoms with van der Waals surface area (Å²) in [5.41, 5.74) is 2.25. The molecule has 8 heteroatoms. The minimum absolute atomic E-state index is 0.111. The summed E-state index contributed by atoms with van der Waals surface area (Å²) in [6, 6.07) is 10.4. The van der Waals surface area contributed by atoms with Crippen molar-refractivity contribution < 1.29 is 14.4 Å². The van der Waals surface area contributed by atoms with E-state index in [0.29, 0.717) is 29.2 Å². The minimum atomic E-state index is -0.497. The highest BCUT2D eigenvalue weighted by molar-refractivity contribution is 7.10. The van der Waals surface area contributed by atoms with Gasteiger partial charge in [-0.25, -0.2) is 4.98 Å². The number of benzene rings is 2. The number of aromatic nitrogens is 1. The number of halogens is 1. The Morgan fingerprint density at radius 3 is 2.62 bits per heavy atom. The van der Waals surface area contributed by atoms with Crippen molar-refractivity contribution in [1.82, 2.24) is 4.98 Å². The van der Waals surface area contributed by atoms with Gasteiger partial charge >= 0.3 is 0 Å². The molecule has 0 aliphatic carbocycles. The van der Waals surface area contributed by atoms with Crippen molar-refractivity contribution in [2.75, 3.05) is 14.2 Å². The van der Waals surface area contributed by atoms with Gasteiger partial charge in [-0.1, -0.05) is 23.7 Å². The maximum Gasteiger partial charge on any atom is 0.288 e. The van der Waals surface area contributed by atoms with Crippen LogP contribution in [0.5, 0.6) is 11.5 Å². The number of ether oxygens (including phenoxy) is 2. The summed E-state index contributed by atoms with van der Waals surface area (Å²) in [5.74, 6) is 1.33. The second kappa shape index (κ2) is 7.72. The van der Waals surface area contributed by atoms with E-state index in [1.54, 1.807) is 20.3 Å². The number of hydrogen-bond acceptors (Lipinski definition) is 6. The molecule has 0 unspecified atom stereocenters. The number of nitro groups is 1. The summed E-state index contributed by atoms with van der Waals surface area (Å²) in [7, 11) is 3.19. The van der Waals surface area contributed by atoms with Gasteiger partial charge in [-0.05, 0) is 23.8 Å². The molecule has 3 aromatic rings. The molecule has 1 aromatic heterocycles. The Kier molecular flexibility index (Phi) is 5.39. The maximum absolute atomic E-state index is 11.0. The summed E-state index contributed by atoms with van der Waals surface area (Å²) < 4.78 is 10.6. The number of methoxy groups -OCH3 is 2. The zero-order chi connectivity index (χ0) is 18.7. The molecule has 0 aliphatic heterocycles. The second-order valence-electron chi connectivity index (χ2n) is 5.42. The number of hydrogen-bond donors (Lipinski definition) is 0. The van der Waals surface area contributed by atoms with Crippen LogP contribution in [0.1, 0.15) is 10.6 Å². The van der Waals surface area contributed by atoms with Crippen LogP contribution in [0.15, 0.2) is 41.8 Å². The van der Waals surface area contributed by atoms with Crippen LogP contribution in [0.25, 0.3) is 11.3 Å². The van der Waals surface area contributed by atoms with E-state index in [1.165, 1.54) is 23.5 Å². The standard InChI is InChI=1S/C18H15ClN2O4S/c1-24-16-6-3-11(7-17(16)25-2)8-18-20-14(10-26-18)12-4-5-13(19)15(9-12)21(22)23/h3-7,9-10H,8H2,1-2H3. The first-order chi connectivity index (χ1) is 12.5. The summed E-state index contributed by atoms with van der Waals surface area (Å²) in [6.07, 6.45) is 0.626. The number of rotatable bonds is 6. The molecule has 1 heterocycles. The van der Waals surface area contributed by atoms with Crippen LogP contribution in [0.4, 0.5) is 5.69 Å². The van der Waals surface area contributed by atoms with Crippen LogP contribution >= 0.6 is 22.9 Å². The monoisotopic (exact) mass is 390 g/mol. The van der Waals surface area contributed by atoms with Gasteiger partial charge in [-0.2, -0.15) is 0 Å². The summed E-state index contributed by atoms with van der Waals surface area (Å²) in [6.45, 7) is 0. The van der Waals surface area contributed by atoms with Crippen LogP contribution in [-0.2, 0) is 6.42 Å². The van der Waals surface area contributed by atoms with Gasteiger partial charge in [0.1, 0.15) is 5.02 Å². The van der Waals surface area contributed by atoms with Gasteiger partial charge in [0.05, 0.1) is 29.8 Å². The van der Waals surface area contributed by atoms with E-state index in [1.807, 2.05) is 23.6 Å². The van der Waals surface area contributed by atoms with Crippen molar-refractivity contribution in [2.24, 2.45) is 0 Å². The molecule has 26 heavy (non-hydrogen) atoms. The normalized spacial score (nSPS) is 10.6. The third-order valence-corrected chi connectivity index (χ3v) is 4.96. The minimum Gasteiger partial charge on any atom is -0.493 e. The van der Waals surface area contributed by atoms with Crippen LogP contribution in [0.3, 0.4) is 0 Å². The average Bonchev–Trinajstić information content (AvgIpc) is 3.10. The fourth-order valence-electron chi connectivity index (χ4n) is 2.50. The Hall–Kier alpha value is -2.64. The Bertz CT molecular complexity index is 958. The molecular formula is C18H15ClN2O4S. The zero-order valence-electron chi connectivity index (χ0n) is 14.1. The predicted octanol–water partition coefficient (Wildman–Crippen LogP) is 4.98. The van der Waals surface area contributed by atoms with Crippen molar-refractivity contribution in [3.63, 3.8) is 0 Å². The highest BCUT2D eigenvalue weighted by atomic mass is 35.5. The lowest BCUT2D eigenvalue weighted by atomic mass is 10.1. The smallest absolute Gasteiger partial charge is 0.288 e. The third-order valence-electron chi connectivity index (χ3n) is 3.79. The molecule has 3 rings (SSSR count). The van der Waals surface area contributed by atoms with Crippen LogP contribution in [-0.4, -0.2) is 24.1 Å². The molecule has 2 aromatic carbocycles. The molecule has 0 radical (unpaired) electrons. The summed E-state index contributed by atoms with van der Waals surface area (Å²) in [5, 5.41) is 13.9. The molecule has 0 saturated carbocycles. The van der Waals surface area contributed by atoms with E-state index in [4.69, 9.17) is 21.1 Å². The Morgan fingerprint density at radius 1 is 1.15 bits per heavy atom. The van der Waals surface area contributed by atoms with Crippen LogP contribution < -0.4 is 9.47 Å². The summed E-state index contributed by atoms with van der Waals surface area (Å²) in [4.78, 5) is 15.1. The lowest BCUT2D eigenvalue weighted by molar-refractivity contribution is -0.384. The van der Waals surface area contributed by atoms with Gasteiger partial charge < -0.3 is 9.47 Å². The van der Waals surface area contributed by atoms with Gasteiger partial charge in [-0.3, -0.25) is 10.1 Å². The van der Waals surface area contributed by atoms with E-state index < -0.39 is 4.92 Å². The van der Waals surface area contributed by atoms with Crippen molar-refractivity contribution in [2.45, 2.75) is 6.42 Å². The van der Waals surface area contributed by atoms with E-state index in [9.17, 15) is 10.1 Å². The second-order valence-corrected chi connectivity index (χ2v) is 6.77. The highest BCUT2D eigenvalue weighted by Crippen LogP contribution is 2.32. The van der Waals surface area contributed by atoms with Crippen molar-refractivity contribution in [3.05, 3.63) is 67.5 Å². The molecule has 0 spiro atoms. The molecular weight excluding hydrogens is 376 g/mol. The molecule has 0 amide bonds. The van der Waals surface area contributed by atoms with Crippen LogP contribution in [0.2, 0.25) is 5.02 Å². The molecule has 134 valence electrons. The molecule has 0 bridgehead atoms. The summed E-state index contributed by atoms with van der Waals surface area (Å²) >= 11 is 7.36. The first-order valence-electron chi connectivity index (χ1n) is 7.61. The lowest BCUT2D eigenvalue weighted by Crippen LogP contribution is -1.94. The zero-order valence-corrected chi connectivity index (χ0v) is 15.6. The first kappa shape index (κ1) is 18.2. The lowest BCUT2D eigenvalue weighted by Gasteiger charge is -2.08. The van der Waals surface area contributed by atoms with Gasteiger partial charge in [0.25, 0.3) is 5.69 Å². The molecule has 0 aliphatic rings. The topological polar surface area (TPSA) is 74.5 Å². The quantitative estimate of drug-likeness (QED) is 0.438. The molecule has 0 saturated heterocycles. The molecule has 0 N–H and O–H groups in total. The largest absolute Gasteiger partial charge is 0.493 e. The Labute approximate surface area is 159 Å². The van der Waals surface area contributed by atoms with Gasteiger partial charge in [0.2, 0.25) is 0 Å². The molecule has 0 fully saturated rings. The van der Waals surface area contributed by atoms with Gasteiger partial charge in [0, 0.05) is 23.4 Å². The predicted molar refractivity (Wildman–Crippen MR) is 102 cm³/mol. The van der Waals surface area contributed by atoms with E-state index in [0.717, 1.165) is 10.6 Å². The molecule has 0 atom stereocenters. The average molecular weight is 391 g/mol. The maximum atomic E-state index is 11.0. The Balaban J connectivity index is 1.85. The van der Waals surface area contributed by atoms with E-state index in [-0.39, 0.29) is 10.7 Å².